The highest BCUT2D eigenvalue weighted by Crippen LogP contribution is 2.39. The lowest BCUT2D eigenvalue weighted by atomic mass is 10.0. The van der Waals surface area contributed by atoms with Gasteiger partial charge in [0.15, 0.2) is 0 Å². The first-order valence-electron chi connectivity index (χ1n) is 6.65. The Labute approximate surface area is 117 Å². The van der Waals surface area contributed by atoms with E-state index in [4.69, 9.17) is 16.3 Å². The molecule has 0 amide bonds. The molecule has 1 atom stereocenters. The molecule has 1 saturated carbocycles. The third-order valence-electron chi connectivity index (χ3n) is 3.71. The number of ether oxygens (including phenoxy) is 1. The van der Waals surface area contributed by atoms with Crippen LogP contribution < -0.4 is 5.32 Å². The van der Waals surface area contributed by atoms with Crippen molar-refractivity contribution in [2.75, 3.05) is 25.1 Å². The van der Waals surface area contributed by atoms with Gasteiger partial charge in [-0.15, -0.1) is 0 Å². The van der Waals surface area contributed by atoms with Gasteiger partial charge < -0.3 is 15.2 Å². The summed E-state index contributed by atoms with van der Waals surface area (Å²) in [6.45, 7) is 3.28. The largest absolute Gasteiger partial charge is 0.386 e. The van der Waals surface area contributed by atoms with E-state index in [0.717, 1.165) is 30.0 Å². The van der Waals surface area contributed by atoms with Gasteiger partial charge in [0.1, 0.15) is 22.4 Å². The molecular weight excluding hydrogens is 266 g/mol. The molecule has 0 bridgehead atoms. The number of rotatable bonds is 4. The normalized spacial score (nSPS) is 26.7. The SMILES string of the molecule is Cc1c(Cl)nc(C2CC2)nc1NCC1(O)CCOC1. The molecule has 0 radical (unpaired) electrons. The molecule has 104 valence electrons. The van der Waals surface area contributed by atoms with Crippen molar-refractivity contribution in [3.63, 3.8) is 0 Å². The molecule has 6 heteroatoms. The highest BCUT2D eigenvalue weighted by molar-refractivity contribution is 6.30. The maximum atomic E-state index is 10.2. The van der Waals surface area contributed by atoms with Gasteiger partial charge in [-0.1, -0.05) is 11.6 Å². The molecule has 1 aliphatic carbocycles. The average molecular weight is 284 g/mol. The lowest BCUT2D eigenvalue weighted by Crippen LogP contribution is -2.37. The summed E-state index contributed by atoms with van der Waals surface area (Å²) in [5, 5.41) is 13.9. The molecule has 1 aromatic rings. The summed E-state index contributed by atoms with van der Waals surface area (Å²) < 4.78 is 5.23. The van der Waals surface area contributed by atoms with Gasteiger partial charge in [0, 0.05) is 31.1 Å². The van der Waals surface area contributed by atoms with Crippen molar-refractivity contribution in [2.45, 2.75) is 37.7 Å². The van der Waals surface area contributed by atoms with Crippen LogP contribution in [-0.2, 0) is 4.74 Å². The number of nitrogens with one attached hydrogen (secondary N) is 1. The van der Waals surface area contributed by atoms with E-state index in [2.05, 4.69) is 15.3 Å². The number of hydrogen-bond acceptors (Lipinski definition) is 5. The van der Waals surface area contributed by atoms with Crippen LogP contribution in [0.15, 0.2) is 0 Å². The quantitative estimate of drug-likeness (QED) is 0.826. The Balaban J connectivity index is 1.75. The Morgan fingerprint density at radius 3 is 2.89 bits per heavy atom. The molecule has 2 aliphatic rings. The number of nitrogens with zero attached hydrogens (tertiary/aromatic N) is 2. The van der Waals surface area contributed by atoms with Crippen molar-refractivity contribution in [3.8, 4) is 0 Å². The predicted octanol–water partition coefficient (Wildman–Crippen LogP) is 1.88. The highest BCUT2D eigenvalue weighted by Gasteiger charge is 2.33. The molecule has 2 N–H and O–H groups in total. The van der Waals surface area contributed by atoms with Crippen molar-refractivity contribution >= 4 is 17.4 Å². The van der Waals surface area contributed by atoms with Crippen molar-refractivity contribution in [3.05, 3.63) is 16.5 Å². The third kappa shape index (κ3) is 2.83. The summed E-state index contributed by atoms with van der Waals surface area (Å²) in [6, 6.07) is 0. The van der Waals surface area contributed by atoms with Crippen LogP contribution in [-0.4, -0.2) is 40.4 Å². The second kappa shape index (κ2) is 4.89. The van der Waals surface area contributed by atoms with Gasteiger partial charge in [-0.05, 0) is 19.8 Å². The van der Waals surface area contributed by atoms with Gasteiger partial charge in [-0.25, -0.2) is 9.97 Å². The first kappa shape index (κ1) is 13.1. The van der Waals surface area contributed by atoms with Gasteiger partial charge in [0.2, 0.25) is 0 Å². The van der Waals surface area contributed by atoms with Crippen LogP contribution in [0.4, 0.5) is 5.82 Å². The van der Waals surface area contributed by atoms with Crippen LogP contribution in [0.2, 0.25) is 5.15 Å². The first-order chi connectivity index (χ1) is 9.07. The zero-order chi connectivity index (χ0) is 13.5. The van der Waals surface area contributed by atoms with Crippen molar-refractivity contribution in [1.29, 1.82) is 0 Å². The van der Waals surface area contributed by atoms with E-state index in [0.29, 0.717) is 37.3 Å². The Bertz CT molecular complexity index is 485. The third-order valence-corrected chi connectivity index (χ3v) is 4.08. The molecule has 1 unspecified atom stereocenters. The van der Waals surface area contributed by atoms with E-state index in [9.17, 15) is 5.11 Å². The maximum Gasteiger partial charge on any atom is 0.137 e. The van der Waals surface area contributed by atoms with Crippen LogP contribution >= 0.6 is 11.6 Å². The van der Waals surface area contributed by atoms with Gasteiger partial charge >= 0.3 is 0 Å². The van der Waals surface area contributed by atoms with Gasteiger partial charge in [-0.2, -0.15) is 0 Å². The molecule has 2 heterocycles. The summed E-state index contributed by atoms with van der Waals surface area (Å²) in [4.78, 5) is 8.85. The Kier molecular flexibility index (Phi) is 3.37. The number of hydrogen-bond donors (Lipinski definition) is 2. The van der Waals surface area contributed by atoms with E-state index >= 15 is 0 Å². The summed E-state index contributed by atoms with van der Waals surface area (Å²) in [6.07, 6.45) is 2.92. The second-order valence-electron chi connectivity index (χ2n) is 5.50. The Morgan fingerprint density at radius 1 is 1.47 bits per heavy atom. The summed E-state index contributed by atoms with van der Waals surface area (Å²) in [5.41, 5.74) is 0.0254. The zero-order valence-electron chi connectivity index (χ0n) is 10.9. The molecular formula is C13H18ClN3O2. The average Bonchev–Trinajstić information content (AvgIpc) is 3.14. The minimum atomic E-state index is -0.802. The Morgan fingerprint density at radius 2 is 2.26 bits per heavy atom. The van der Waals surface area contributed by atoms with Crippen LogP contribution in [0.25, 0.3) is 0 Å². The minimum Gasteiger partial charge on any atom is -0.386 e. The topological polar surface area (TPSA) is 67.3 Å². The molecule has 5 nitrogen and oxygen atoms in total. The summed E-state index contributed by atoms with van der Waals surface area (Å²) >= 11 is 6.14. The number of aromatic nitrogens is 2. The van der Waals surface area contributed by atoms with E-state index in [-0.39, 0.29) is 0 Å². The zero-order valence-corrected chi connectivity index (χ0v) is 11.7. The molecule has 0 spiro atoms. The Hall–Kier alpha value is -0.910. The second-order valence-corrected chi connectivity index (χ2v) is 5.86. The molecule has 3 rings (SSSR count). The van der Waals surface area contributed by atoms with Crippen LogP contribution in [0.1, 0.15) is 36.6 Å². The number of aliphatic hydroxyl groups is 1. The molecule has 1 saturated heterocycles. The van der Waals surface area contributed by atoms with E-state index < -0.39 is 5.60 Å². The van der Waals surface area contributed by atoms with Gasteiger partial charge in [0.25, 0.3) is 0 Å². The predicted molar refractivity (Wildman–Crippen MR) is 72.6 cm³/mol. The lowest BCUT2D eigenvalue weighted by molar-refractivity contribution is 0.0381. The van der Waals surface area contributed by atoms with Crippen molar-refractivity contribution < 1.29 is 9.84 Å². The van der Waals surface area contributed by atoms with E-state index in [1.165, 1.54) is 0 Å². The monoisotopic (exact) mass is 283 g/mol. The van der Waals surface area contributed by atoms with Crippen LogP contribution in [0.3, 0.4) is 0 Å². The smallest absolute Gasteiger partial charge is 0.137 e. The highest BCUT2D eigenvalue weighted by atomic mass is 35.5. The molecule has 1 aliphatic heterocycles. The van der Waals surface area contributed by atoms with Crippen molar-refractivity contribution in [1.82, 2.24) is 9.97 Å². The molecule has 0 aromatic carbocycles. The molecule has 2 fully saturated rings. The first-order valence-corrected chi connectivity index (χ1v) is 7.03. The standard InChI is InChI=1S/C13H18ClN3O2/c1-8-10(14)16-12(9-2-3-9)17-11(8)15-6-13(18)4-5-19-7-13/h9,18H,2-7H2,1H3,(H,15,16,17). The fourth-order valence-electron chi connectivity index (χ4n) is 2.19. The van der Waals surface area contributed by atoms with E-state index in [1.807, 2.05) is 6.92 Å². The van der Waals surface area contributed by atoms with Crippen LogP contribution in [0.5, 0.6) is 0 Å². The van der Waals surface area contributed by atoms with Gasteiger partial charge in [0.05, 0.1) is 6.61 Å². The molecule has 1 aromatic heterocycles. The number of halogens is 1. The summed E-state index contributed by atoms with van der Waals surface area (Å²) in [7, 11) is 0. The fraction of sp³-hybridized carbons (Fsp3) is 0.692. The van der Waals surface area contributed by atoms with Crippen LogP contribution in [0, 0.1) is 6.92 Å². The minimum absolute atomic E-state index is 0.368. The van der Waals surface area contributed by atoms with Crippen molar-refractivity contribution in [2.24, 2.45) is 0 Å². The van der Waals surface area contributed by atoms with Gasteiger partial charge in [-0.3, -0.25) is 0 Å². The molecule has 19 heavy (non-hydrogen) atoms. The maximum absolute atomic E-state index is 10.2. The number of anilines is 1. The lowest BCUT2D eigenvalue weighted by Gasteiger charge is -2.22. The fourth-order valence-corrected chi connectivity index (χ4v) is 2.36. The van der Waals surface area contributed by atoms with E-state index in [1.54, 1.807) is 0 Å². The summed E-state index contributed by atoms with van der Waals surface area (Å²) in [5.74, 6) is 1.99.